The summed E-state index contributed by atoms with van der Waals surface area (Å²) < 4.78 is 10.5. The third-order valence-electron chi connectivity index (χ3n) is 2.22. The molecular weight excluding hydrogens is 306 g/mol. The Morgan fingerprint density at radius 2 is 1.41 bits per heavy atom. The Bertz CT molecular complexity index is 530. The summed E-state index contributed by atoms with van der Waals surface area (Å²) in [5.41, 5.74) is -1.19. The van der Waals surface area contributed by atoms with Crippen molar-refractivity contribution < 1.29 is 19.1 Å². The zero-order chi connectivity index (χ0) is 17.1. The van der Waals surface area contributed by atoms with E-state index in [1.165, 1.54) is 6.07 Å². The molecule has 5 nitrogen and oxygen atoms in total. The number of hydrogen-bond acceptors (Lipinski definition) is 4. The van der Waals surface area contributed by atoms with Crippen LogP contribution in [0, 0.1) is 0 Å². The largest absolute Gasteiger partial charge is 0.443 e. The van der Waals surface area contributed by atoms with Crippen molar-refractivity contribution in [2.24, 2.45) is 0 Å². The van der Waals surface area contributed by atoms with Crippen molar-refractivity contribution >= 4 is 29.5 Å². The summed E-state index contributed by atoms with van der Waals surface area (Å²) >= 11 is 5.93. The SMILES string of the molecule is CC(C)(C)OC(=O)N(C(=O)OC(C)(C)C)c1cccc(Cl)c1. The van der Waals surface area contributed by atoms with Crippen LogP contribution in [0.3, 0.4) is 0 Å². The van der Waals surface area contributed by atoms with Gasteiger partial charge in [0.15, 0.2) is 0 Å². The fraction of sp³-hybridized carbons (Fsp3) is 0.500. The maximum atomic E-state index is 12.4. The fourth-order valence-electron chi connectivity index (χ4n) is 1.52. The van der Waals surface area contributed by atoms with Crippen molar-refractivity contribution in [2.45, 2.75) is 52.7 Å². The lowest BCUT2D eigenvalue weighted by atomic mass is 10.2. The summed E-state index contributed by atoms with van der Waals surface area (Å²) in [6, 6.07) is 6.36. The Morgan fingerprint density at radius 3 is 1.77 bits per heavy atom. The van der Waals surface area contributed by atoms with Crippen LogP contribution >= 0.6 is 11.6 Å². The summed E-state index contributed by atoms with van der Waals surface area (Å²) in [4.78, 5) is 25.6. The van der Waals surface area contributed by atoms with Gasteiger partial charge in [-0.2, -0.15) is 4.90 Å². The monoisotopic (exact) mass is 327 g/mol. The molecule has 0 aromatic heterocycles. The van der Waals surface area contributed by atoms with E-state index in [0.717, 1.165) is 4.90 Å². The van der Waals surface area contributed by atoms with Gasteiger partial charge in [0.25, 0.3) is 0 Å². The van der Waals surface area contributed by atoms with Crippen LogP contribution in [0.15, 0.2) is 24.3 Å². The molecule has 0 atom stereocenters. The first-order valence-corrected chi connectivity index (χ1v) is 7.28. The number of amides is 2. The smallest absolute Gasteiger partial charge is 0.424 e. The van der Waals surface area contributed by atoms with Crippen molar-refractivity contribution in [3.63, 3.8) is 0 Å². The minimum Gasteiger partial charge on any atom is -0.443 e. The highest BCUT2D eigenvalue weighted by Crippen LogP contribution is 2.24. The van der Waals surface area contributed by atoms with E-state index in [-0.39, 0.29) is 5.69 Å². The number of benzene rings is 1. The number of carbonyl (C=O) groups excluding carboxylic acids is 2. The predicted molar refractivity (Wildman–Crippen MR) is 86.4 cm³/mol. The summed E-state index contributed by atoms with van der Waals surface area (Å²) in [7, 11) is 0. The van der Waals surface area contributed by atoms with E-state index >= 15 is 0 Å². The number of anilines is 1. The van der Waals surface area contributed by atoms with Gasteiger partial charge in [-0.15, -0.1) is 0 Å². The summed E-state index contributed by atoms with van der Waals surface area (Å²) in [6.07, 6.45) is -1.63. The van der Waals surface area contributed by atoms with Gasteiger partial charge < -0.3 is 9.47 Å². The second kappa shape index (κ2) is 6.57. The summed E-state index contributed by atoms with van der Waals surface area (Å²) in [5.74, 6) is 0. The number of halogens is 1. The van der Waals surface area contributed by atoms with Gasteiger partial charge in [-0.25, -0.2) is 9.59 Å². The van der Waals surface area contributed by atoms with Gasteiger partial charge in [0.1, 0.15) is 11.2 Å². The van der Waals surface area contributed by atoms with E-state index in [1.807, 2.05) is 0 Å². The lowest BCUT2D eigenvalue weighted by Crippen LogP contribution is -2.43. The molecule has 0 fully saturated rings. The quantitative estimate of drug-likeness (QED) is 0.727. The van der Waals surface area contributed by atoms with Crippen LogP contribution in [0.5, 0.6) is 0 Å². The molecule has 22 heavy (non-hydrogen) atoms. The Hall–Kier alpha value is -1.75. The molecule has 6 heteroatoms. The van der Waals surface area contributed by atoms with Crippen LogP contribution in [-0.4, -0.2) is 23.4 Å². The van der Waals surface area contributed by atoms with Crippen molar-refractivity contribution in [3.8, 4) is 0 Å². The van der Waals surface area contributed by atoms with Gasteiger partial charge in [0.05, 0.1) is 5.69 Å². The first-order valence-electron chi connectivity index (χ1n) is 6.91. The Balaban J connectivity index is 3.15. The third-order valence-corrected chi connectivity index (χ3v) is 2.45. The lowest BCUT2D eigenvalue weighted by Gasteiger charge is -2.28. The zero-order valence-electron chi connectivity index (χ0n) is 13.8. The number of ether oxygens (including phenoxy) is 2. The van der Waals surface area contributed by atoms with Crippen molar-refractivity contribution in [3.05, 3.63) is 29.3 Å². The Labute approximate surface area is 136 Å². The molecule has 122 valence electrons. The Kier molecular flexibility index (Phi) is 5.46. The molecule has 0 unspecified atom stereocenters. The highest BCUT2D eigenvalue weighted by atomic mass is 35.5. The topological polar surface area (TPSA) is 55.8 Å². The average Bonchev–Trinajstić information content (AvgIpc) is 2.23. The lowest BCUT2D eigenvalue weighted by molar-refractivity contribution is 0.0431. The highest BCUT2D eigenvalue weighted by molar-refractivity contribution is 6.31. The molecule has 0 aliphatic heterocycles. The van der Waals surface area contributed by atoms with Crippen molar-refractivity contribution in [1.82, 2.24) is 0 Å². The normalized spacial score (nSPS) is 11.8. The van der Waals surface area contributed by atoms with Gasteiger partial charge in [-0.1, -0.05) is 17.7 Å². The standard InChI is InChI=1S/C16H22ClNO4/c1-15(2,3)21-13(19)18(14(20)22-16(4,5)6)12-9-7-8-11(17)10-12/h7-10H,1-6H3. The molecule has 1 aromatic carbocycles. The maximum Gasteiger partial charge on any atom is 0.424 e. The third kappa shape index (κ3) is 5.93. The van der Waals surface area contributed by atoms with E-state index in [4.69, 9.17) is 21.1 Å². The van der Waals surface area contributed by atoms with Gasteiger partial charge in [-0.3, -0.25) is 0 Å². The molecule has 0 spiro atoms. The molecule has 1 rings (SSSR count). The van der Waals surface area contributed by atoms with Gasteiger partial charge >= 0.3 is 12.2 Å². The number of hydrogen-bond donors (Lipinski definition) is 0. The first-order chi connectivity index (χ1) is 9.89. The maximum absolute atomic E-state index is 12.4. The zero-order valence-corrected chi connectivity index (χ0v) is 14.5. The van der Waals surface area contributed by atoms with Crippen LogP contribution in [0.4, 0.5) is 15.3 Å². The number of carbonyl (C=O) groups is 2. The summed E-state index contributed by atoms with van der Waals surface area (Å²) in [6.45, 7) is 10.3. The highest BCUT2D eigenvalue weighted by Gasteiger charge is 2.32. The van der Waals surface area contributed by atoms with Crippen LogP contribution in [0.1, 0.15) is 41.5 Å². The molecule has 1 aromatic rings. The van der Waals surface area contributed by atoms with E-state index in [9.17, 15) is 9.59 Å². The van der Waals surface area contributed by atoms with Crippen LogP contribution in [0.25, 0.3) is 0 Å². The summed E-state index contributed by atoms with van der Waals surface area (Å²) in [5, 5.41) is 0.398. The minimum atomic E-state index is -0.816. The molecule has 0 aliphatic carbocycles. The molecule has 0 radical (unpaired) electrons. The molecule has 2 amide bonds. The van der Waals surface area contributed by atoms with E-state index in [0.29, 0.717) is 5.02 Å². The van der Waals surface area contributed by atoms with Crippen LogP contribution < -0.4 is 4.90 Å². The number of rotatable bonds is 1. The second-order valence-electron chi connectivity index (χ2n) is 6.78. The average molecular weight is 328 g/mol. The van der Waals surface area contributed by atoms with Gasteiger partial charge in [0.2, 0.25) is 0 Å². The first kappa shape index (κ1) is 18.3. The van der Waals surface area contributed by atoms with Crippen LogP contribution in [0.2, 0.25) is 5.02 Å². The predicted octanol–water partition coefficient (Wildman–Crippen LogP) is 5.02. The number of imide groups is 1. The molecule has 0 saturated carbocycles. The van der Waals surface area contributed by atoms with Crippen molar-refractivity contribution in [2.75, 3.05) is 4.90 Å². The minimum absolute atomic E-state index is 0.288. The van der Waals surface area contributed by atoms with E-state index in [2.05, 4.69) is 0 Å². The van der Waals surface area contributed by atoms with Crippen LogP contribution in [-0.2, 0) is 9.47 Å². The number of nitrogens with zero attached hydrogens (tertiary/aromatic N) is 1. The Morgan fingerprint density at radius 1 is 0.955 bits per heavy atom. The molecule has 0 saturated heterocycles. The molecule has 0 N–H and O–H groups in total. The van der Waals surface area contributed by atoms with Crippen molar-refractivity contribution in [1.29, 1.82) is 0 Å². The fourth-order valence-corrected chi connectivity index (χ4v) is 1.70. The van der Waals surface area contributed by atoms with E-state index in [1.54, 1.807) is 59.7 Å². The van der Waals surface area contributed by atoms with E-state index < -0.39 is 23.4 Å². The molecule has 0 heterocycles. The second-order valence-corrected chi connectivity index (χ2v) is 7.21. The molecular formula is C16H22ClNO4. The van der Waals surface area contributed by atoms with Gasteiger partial charge in [-0.05, 0) is 59.7 Å². The van der Waals surface area contributed by atoms with Gasteiger partial charge in [0, 0.05) is 5.02 Å². The molecule has 0 aliphatic rings. The molecule has 0 bridgehead atoms.